The van der Waals surface area contributed by atoms with Crippen molar-refractivity contribution in [3.8, 4) is 0 Å². The van der Waals surface area contributed by atoms with Crippen molar-refractivity contribution >= 4 is 9.76 Å². The van der Waals surface area contributed by atoms with Gasteiger partial charge in [0.2, 0.25) is 0 Å². The van der Waals surface area contributed by atoms with Crippen molar-refractivity contribution in [3.63, 3.8) is 0 Å². The molecule has 0 amide bonds. The van der Waals surface area contributed by atoms with E-state index < -0.39 is 9.76 Å². The summed E-state index contributed by atoms with van der Waals surface area (Å²) in [5.74, 6) is 0. The Hall–Kier alpha value is -0.123. The maximum atomic E-state index is 8.28. The van der Waals surface area contributed by atoms with Crippen LogP contribution < -0.4 is 5.73 Å². The molecule has 0 aromatic rings. The van der Waals surface area contributed by atoms with Crippen molar-refractivity contribution in [1.29, 1.82) is 0 Å². The van der Waals surface area contributed by atoms with Gasteiger partial charge in [-0.3, -0.25) is 0 Å². The van der Waals surface area contributed by atoms with Gasteiger partial charge in [-0.25, -0.2) is 0 Å². The summed E-state index contributed by atoms with van der Waals surface area (Å²) in [6.45, 7) is 3.38. The van der Waals surface area contributed by atoms with Crippen LogP contribution in [0.15, 0.2) is 12.7 Å². The van der Waals surface area contributed by atoms with E-state index >= 15 is 0 Å². The van der Waals surface area contributed by atoms with Crippen LogP contribution in [-0.2, 0) is 0 Å². The SMILES string of the molecule is C=CC(N)[SiH2]O. The Morgan fingerprint density at radius 1 is 2.00 bits per heavy atom. The first-order valence-corrected chi connectivity index (χ1v) is 3.25. The lowest BCUT2D eigenvalue weighted by Gasteiger charge is -1.92. The van der Waals surface area contributed by atoms with Gasteiger partial charge in [-0.15, -0.1) is 6.58 Å². The molecule has 0 aromatic carbocycles. The number of rotatable bonds is 2. The van der Waals surface area contributed by atoms with Crippen molar-refractivity contribution in [1.82, 2.24) is 0 Å². The van der Waals surface area contributed by atoms with E-state index in [4.69, 9.17) is 10.5 Å². The molecule has 1 unspecified atom stereocenters. The topological polar surface area (TPSA) is 46.2 Å². The van der Waals surface area contributed by atoms with E-state index in [0.29, 0.717) is 0 Å². The van der Waals surface area contributed by atoms with Crippen LogP contribution in [0.2, 0.25) is 0 Å². The second kappa shape index (κ2) is 3.08. The van der Waals surface area contributed by atoms with Gasteiger partial charge in [0.15, 0.2) is 9.76 Å². The first-order valence-electron chi connectivity index (χ1n) is 1.80. The highest BCUT2D eigenvalue weighted by Gasteiger charge is 1.87. The Morgan fingerprint density at radius 3 is 2.50 bits per heavy atom. The average molecular weight is 103 g/mol. The fourth-order valence-corrected chi connectivity index (χ4v) is 0.224. The molecular formula is C3H9NOSi. The highest BCUT2D eigenvalue weighted by Crippen LogP contribution is 1.67. The highest BCUT2D eigenvalue weighted by molar-refractivity contribution is 6.28. The van der Waals surface area contributed by atoms with Crippen molar-refractivity contribution in [2.45, 2.75) is 5.67 Å². The van der Waals surface area contributed by atoms with Gasteiger partial charge in [-0.2, -0.15) is 0 Å². The van der Waals surface area contributed by atoms with Crippen LogP contribution in [0.25, 0.3) is 0 Å². The number of hydrogen-bond acceptors (Lipinski definition) is 2. The minimum atomic E-state index is -1.00. The normalized spacial score (nSPS) is 15.7. The molecule has 0 aromatic heterocycles. The minimum Gasteiger partial charge on any atom is -0.436 e. The van der Waals surface area contributed by atoms with Crippen LogP contribution in [0, 0.1) is 0 Å². The summed E-state index contributed by atoms with van der Waals surface area (Å²) in [7, 11) is -1.00. The molecule has 0 radical (unpaired) electrons. The molecule has 3 heteroatoms. The monoisotopic (exact) mass is 103 g/mol. The summed E-state index contributed by atoms with van der Waals surface area (Å²) in [6, 6.07) is 0. The van der Waals surface area contributed by atoms with Crippen molar-refractivity contribution < 1.29 is 4.80 Å². The fraction of sp³-hybridized carbons (Fsp3) is 0.333. The van der Waals surface area contributed by atoms with E-state index in [0.717, 1.165) is 0 Å². The second-order valence-electron chi connectivity index (χ2n) is 1.08. The zero-order chi connectivity index (χ0) is 4.99. The third kappa shape index (κ3) is 2.13. The predicted octanol–water partition coefficient (Wildman–Crippen LogP) is -1.47. The molecule has 6 heavy (non-hydrogen) atoms. The van der Waals surface area contributed by atoms with Gasteiger partial charge < -0.3 is 10.5 Å². The van der Waals surface area contributed by atoms with Crippen LogP contribution >= 0.6 is 0 Å². The zero-order valence-electron chi connectivity index (χ0n) is 3.59. The first kappa shape index (κ1) is 5.88. The zero-order valence-corrected chi connectivity index (χ0v) is 5.01. The molecule has 36 valence electrons. The van der Waals surface area contributed by atoms with Crippen molar-refractivity contribution in [3.05, 3.63) is 12.7 Å². The molecule has 0 saturated heterocycles. The molecule has 0 fully saturated rings. The minimum absolute atomic E-state index is 0.106. The lowest BCUT2D eigenvalue weighted by atomic mass is 10.7. The highest BCUT2D eigenvalue weighted by atomic mass is 28.2. The summed E-state index contributed by atoms with van der Waals surface area (Å²) < 4.78 is 0. The predicted molar refractivity (Wildman–Crippen MR) is 28.9 cm³/mol. The third-order valence-electron chi connectivity index (χ3n) is 0.514. The maximum Gasteiger partial charge on any atom is 0.176 e. The number of hydrogen-bond donors (Lipinski definition) is 2. The largest absolute Gasteiger partial charge is 0.436 e. The summed E-state index contributed by atoms with van der Waals surface area (Å²) in [5, 5.41) is 0. The van der Waals surface area contributed by atoms with Gasteiger partial charge in [0.25, 0.3) is 0 Å². The van der Waals surface area contributed by atoms with Gasteiger partial charge in [0.05, 0.1) is 0 Å². The molecular weight excluding hydrogens is 94.1 g/mol. The lowest BCUT2D eigenvalue weighted by molar-refractivity contribution is 0.592. The third-order valence-corrected chi connectivity index (χ3v) is 1.27. The Labute approximate surface area is 39.6 Å². The van der Waals surface area contributed by atoms with E-state index in [9.17, 15) is 0 Å². The quantitative estimate of drug-likeness (QED) is 0.331. The van der Waals surface area contributed by atoms with Gasteiger partial charge in [0.1, 0.15) is 0 Å². The molecule has 0 heterocycles. The molecule has 0 aliphatic rings. The van der Waals surface area contributed by atoms with Crippen molar-refractivity contribution in [2.24, 2.45) is 5.73 Å². The lowest BCUT2D eigenvalue weighted by Crippen LogP contribution is -2.23. The number of nitrogens with two attached hydrogens (primary N) is 1. The summed E-state index contributed by atoms with van der Waals surface area (Å²) in [6.07, 6.45) is 1.56. The molecule has 0 saturated carbocycles. The van der Waals surface area contributed by atoms with Gasteiger partial charge in [-0.05, 0) is 0 Å². The maximum absolute atomic E-state index is 8.28. The van der Waals surface area contributed by atoms with E-state index in [-0.39, 0.29) is 5.67 Å². The van der Waals surface area contributed by atoms with Crippen LogP contribution in [0.3, 0.4) is 0 Å². The molecule has 0 rings (SSSR count). The molecule has 0 aliphatic heterocycles. The Kier molecular flexibility index (Phi) is 3.02. The Bertz CT molecular complexity index is 48.1. The van der Waals surface area contributed by atoms with E-state index in [2.05, 4.69) is 6.58 Å². The van der Waals surface area contributed by atoms with Gasteiger partial charge in [0, 0.05) is 5.67 Å². The van der Waals surface area contributed by atoms with Crippen molar-refractivity contribution in [2.75, 3.05) is 0 Å². The fourth-order valence-electron chi connectivity index (χ4n) is 0.0745. The molecule has 0 aliphatic carbocycles. The van der Waals surface area contributed by atoms with E-state index in [1.807, 2.05) is 0 Å². The Morgan fingerprint density at radius 2 is 2.50 bits per heavy atom. The second-order valence-corrected chi connectivity index (χ2v) is 2.39. The first-order chi connectivity index (χ1) is 2.81. The van der Waals surface area contributed by atoms with Crippen LogP contribution in [0.5, 0.6) is 0 Å². The summed E-state index contributed by atoms with van der Waals surface area (Å²) in [5.41, 5.74) is 5.06. The molecule has 2 nitrogen and oxygen atoms in total. The molecule has 1 atom stereocenters. The van der Waals surface area contributed by atoms with Crippen LogP contribution in [-0.4, -0.2) is 20.2 Å². The van der Waals surface area contributed by atoms with E-state index in [1.54, 1.807) is 6.08 Å². The van der Waals surface area contributed by atoms with Gasteiger partial charge >= 0.3 is 0 Å². The van der Waals surface area contributed by atoms with E-state index in [1.165, 1.54) is 0 Å². The van der Waals surface area contributed by atoms with Crippen LogP contribution in [0.4, 0.5) is 0 Å². The molecule has 0 spiro atoms. The van der Waals surface area contributed by atoms with Gasteiger partial charge in [-0.1, -0.05) is 6.08 Å². The molecule has 0 bridgehead atoms. The summed E-state index contributed by atoms with van der Waals surface area (Å²) in [4.78, 5) is 8.28. The van der Waals surface area contributed by atoms with Crippen LogP contribution in [0.1, 0.15) is 0 Å². The Balaban J connectivity index is 2.96. The smallest absolute Gasteiger partial charge is 0.176 e. The molecule has 3 N–H and O–H groups in total. The summed E-state index contributed by atoms with van der Waals surface area (Å²) >= 11 is 0. The average Bonchev–Trinajstić information content (AvgIpc) is 1.65. The standard InChI is InChI=1S/C3H9NOSi/c1-2-3(4)6-5/h2-3,5H,1,4,6H2.